The molecule has 26 heavy (non-hydrogen) atoms. The largest absolute Gasteiger partial charge is 0.352 e. The molecule has 1 aromatic rings. The van der Waals surface area contributed by atoms with Crippen LogP contribution in [0.5, 0.6) is 0 Å². The molecule has 1 aliphatic heterocycles. The Bertz CT molecular complexity index is 599. The molecule has 0 spiro atoms. The molecule has 144 valence electrons. The number of carbonyl (C=O) groups is 2. The lowest BCUT2D eigenvalue weighted by molar-refractivity contribution is -0.133. The van der Waals surface area contributed by atoms with Crippen LogP contribution < -0.4 is 11.1 Å². The van der Waals surface area contributed by atoms with Crippen LogP contribution >= 0.6 is 23.4 Å². The second kappa shape index (κ2) is 10.6. The van der Waals surface area contributed by atoms with Gasteiger partial charge in [-0.2, -0.15) is 11.8 Å². The van der Waals surface area contributed by atoms with E-state index in [4.69, 9.17) is 17.3 Å². The first kappa shape index (κ1) is 20.9. The molecule has 0 bridgehead atoms. The molecular formula is C18H27ClN4O2S. The van der Waals surface area contributed by atoms with Crippen LogP contribution in [0.1, 0.15) is 18.4 Å². The average Bonchev–Trinajstić information content (AvgIpc) is 2.85. The number of rotatable bonds is 7. The molecule has 0 aliphatic carbocycles. The van der Waals surface area contributed by atoms with Crippen LogP contribution in [-0.4, -0.2) is 66.0 Å². The molecule has 2 rings (SSSR count). The highest BCUT2D eigenvalue weighted by atomic mass is 35.5. The van der Waals surface area contributed by atoms with Gasteiger partial charge in [0.2, 0.25) is 5.91 Å². The van der Waals surface area contributed by atoms with Crippen molar-refractivity contribution in [3.8, 4) is 0 Å². The number of primary amides is 1. The minimum atomic E-state index is -0.649. The number of urea groups is 1. The van der Waals surface area contributed by atoms with Crippen molar-refractivity contribution >= 4 is 35.3 Å². The zero-order chi connectivity index (χ0) is 18.9. The van der Waals surface area contributed by atoms with Crippen LogP contribution in [-0.2, 0) is 11.3 Å². The number of benzene rings is 1. The van der Waals surface area contributed by atoms with Crippen LogP contribution in [0.2, 0.25) is 5.02 Å². The molecule has 1 atom stereocenters. The summed E-state index contributed by atoms with van der Waals surface area (Å²) in [6.07, 6.45) is 3.48. The minimum Gasteiger partial charge on any atom is -0.352 e. The number of nitrogens with one attached hydrogen (secondary N) is 1. The fraction of sp³-hybridized carbons (Fsp3) is 0.556. The Morgan fingerprint density at radius 1 is 1.23 bits per heavy atom. The first-order valence-corrected chi connectivity index (χ1v) is 10.6. The van der Waals surface area contributed by atoms with Crippen molar-refractivity contribution in [2.45, 2.75) is 25.4 Å². The molecule has 1 saturated heterocycles. The smallest absolute Gasteiger partial charge is 0.312 e. The third kappa shape index (κ3) is 6.70. The Balaban J connectivity index is 1.91. The number of carbonyl (C=O) groups excluding carboxylic acids is 2. The Kier molecular flexibility index (Phi) is 8.54. The molecule has 0 radical (unpaired) electrons. The van der Waals surface area contributed by atoms with Crippen molar-refractivity contribution in [1.29, 1.82) is 0 Å². The van der Waals surface area contributed by atoms with Gasteiger partial charge in [-0.15, -0.1) is 0 Å². The number of halogens is 1. The molecule has 1 aliphatic rings. The van der Waals surface area contributed by atoms with Crippen LogP contribution in [0.4, 0.5) is 4.79 Å². The molecule has 6 nitrogen and oxygen atoms in total. The zero-order valence-electron chi connectivity index (χ0n) is 15.1. The lowest BCUT2D eigenvalue weighted by Gasteiger charge is -2.26. The van der Waals surface area contributed by atoms with Gasteiger partial charge < -0.3 is 16.0 Å². The minimum absolute atomic E-state index is 0.0359. The van der Waals surface area contributed by atoms with Crippen LogP contribution in [0, 0.1) is 0 Å². The summed E-state index contributed by atoms with van der Waals surface area (Å²) in [5.74, 6) is 0.763. The number of nitrogens with zero attached hydrogens (tertiary/aromatic N) is 2. The van der Waals surface area contributed by atoms with Gasteiger partial charge in [-0.05, 0) is 42.5 Å². The van der Waals surface area contributed by atoms with E-state index in [1.54, 1.807) is 11.8 Å². The molecule has 3 amide bonds. The Hall–Kier alpha value is -1.44. The van der Waals surface area contributed by atoms with Crippen molar-refractivity contribution < 1.29 is 9.59 Å². The summed E-state index contributed by atoms with van der Waals surface area (Å²) in [6, 6.07) is 6.68. The van der Waals surface area contributed by atoms with Gasteiger partial charge in [0.05, 0.1) is 0 Å². The molecule has 0 saturated carbocycles. The molecule has 8 heteroatoms. The van der Waals surface area contributed by atoms with Gasteiger partial charge in [0.15, 0.2) is 0 Å². The predicted octanol–water partition coefficient (Wildman–Crippen LogP) is 2.16. The third-order valence-electron chi connectivity index (χ3n) is 4.44. The molecule has 1 unspecified atom stereocenters. The summed E-state index contributed by atoms with van der Waals surface area (Å²) in [5.41, 5.74) is 6.45. The quantitative estimate of drug-likeness (QED) is 0.737. The van der Waals surface area contributed by atoms with E-state index in [2.05, 4.69) is 10.2 Å². The normalized spacial score (nSPS) is 16.8. The summed E-state index contributed by atoms with van der Waals surface area (Å²) >= 11 is 7.59. The molecule has 1 fully saturated rings. The first-order valence-electron chi connectivity index (χ1n) is 8.80. The van der Waals surface area contributed by atoms with Crippen LogP contribution in [0.3, 0.4) is 0 Å². The fourth-order valence-electron chi connectivity index (χ4n) is 3.08. The summed E-state index contributed by atoms with van der Waals surface area (Å²) < 4.78 is 0. The van der Waals surface area contributed by atoms with Crippen molar-refractivity contribution in [3.05, 3.63) is 34.9 Å². The van der Waals surface area contributed by atoms with Gasteiger partial charge in [-0.25, -0.2) is 4.79 Å². The maximum Gasteiger partial charge on any atom is 0.312 e. The summed E-state index contributed by atoms with van der Waals surface area (Å²) in [5, 5.41) is 3.33. The summed E-state index contributed by atoms with van der Waals surface area (Å²) in [7, 11) is 0. The number of thioether (sulfide) groups is 1. The van der Waals surface area contributed by atoms with Crippen LogP contribution in [0.15, 0.2) is 24.3 Å². The van der Waals surface area contributed by atoms with E-state index in [1.165, 1.54) is 5.56 Å². The number of nitrogens with two attached hydrogens (primary N) is 1. The lowest BCUT2D eigenvalue weighted by Crippen LogP contribution is -2.51. The van der Waals surface area contributed by atoms with Crippen molar-refractivity contribution in [1.82, 2.24) is 15.1 Å². The monoisotopic (exact) mass is 398 g/mol. The number of hydrogen-bond donors (Lipinski definition) is 2. The SMILES string of the molecule is CSCCC(NC(N)=O)C(=O)N1CCCN(Cc2ccc(Cl)cc2)CC1. The molecule has 3 N–H and O–H groups in total. The number of amides is 3. The van der Waals surface area contributed by atoms with Gasteiger partial charge >= 0.3 is 6.03 Å². The van der Waals surface area contributed by atoms with Crippen molar-refractivity contribution in [3.63, 3.8) is 0 Å². The Morgan fingerprint density at radius 2 is 1.96 bits per heavy atom. The molecule has 1 heterocycles. The van der Waals surface area contributed by atoms with Crippen molar-refractivity contribution in [2.75, 3.05) is 38.2 Å². The number of hydrogen-bond acceptors (Lipinski definition) is 4. The van der Waals surface area contributed by atoms with Crippen LogP contribution in [0.25, 0.3) is 0 Å². The highest BCUT2D eigenvalue weighted by Gasteiger charge is 2.26. The lowest BCUT2D eigenvalue weighted by atomic mass is 10.2. The standard InChI is InChI=1S/C18H27ClN4O2S/c1-26-12-7-16(21-18(20)25)17(24)23-9-2-8-22(10-11-23)13-14-3-5-15(19)6-4-14/h3-6,16H,2,7-13H2,1H3,(H3,20,21,25). The van der Waals surface area contributed by atoms with E-state index >= 15 is 0 Å². The van der Waals surface area contributed by atoms with E-state index in [1.807, 2.05) is 35.4 Å². The van der Waals surface area contributed by atoms with Gasteiger partial charge in [0.25, 0.3) is 0 Å². The predicted molar refractivity (Wildman–Crippen MR) is 107 cm³/mol. The highest BCUT2D eigenvalue weighted by Crippen LogP contribution is 2.14. The second-order valence-corrected chi connectivity index (χ2v) is 7.85. The summed E-state index contributed by atoms with van der Waals surface area (Å²) in [4.78, 5) is 28.2. The van der Waals surface area contributed by atoms with E-state index in [9.17, 15) is 9.59 Å². The van der Waals surface area contributed by atoms with E-state index in [0.29, 0.717) is 19.5 Å². The highest BCUT2D eigenvalue weighted by molar-refractivity contribution is 7.98. The molecule has 1 aromatic carbocycles. The van der Waals surface area contributed by atoms with Crippen molar-refractivity contribution in [2.24, 2.45) is 5.73 Å². The van der Waals surface area contributed by atoms with E-state index in [-0.39, 0.29) is 5.91 Å². The van der Waals surface area contributed by atoms with Gasteiger partial charge in [0.1, 0.15) is 6.04 Å². The van der Waals surface area contributed by atoms with E-state index < -0.39 is 12.1 Å². The first-order chi connectivity index (χ1) is 12.5. The van der Waals surface area contributed by atoms with Gasteiger partial charge in [-0.3, -0.25) is 9.69 Å². The molecular weight excluding hydrogens is 372 g/mol. The topological polar surface area (TPSA) is 78.7 Å². The van der Waals surface area contributed by atoms with Gasteiger partial charge in [0, 0.05) is 37.7 Å². The van der Waals surface area contributed by atoms with Gasteiger partial charge in [-0.1, -0.05) is 23.7 Å². The Morgan fingerprint density at radius 3 is 2.62 bits per heavy atom. The maximum absolute atomic E-state index is 12.8. The zero-order valence-corrected chi connectivity index (χ0v) is 16.7. The third-order valence-corrected chi connectivity index (χ3v) is 5.34. The second-order valence-electron chi connectivity index (χ2n) is 6.42. The maximum atomic E-state index is 12.8. The fourth-order valence-corrected chi connectivity index (χ4v) is 3.68. The average molecular weight is 399 g/mol. The summed E-state index contributed by atoms with van der Waals surface area (Å²) in [6.45, 7) is 3.94. The van der Waals surface area contributed by atoms with E-state index in [0.717, 1.165) is 36.8 Å². The molecule has 0 aromatic heterocycles. The Labute approximate surface area is 164 Å².